The van der Waals surface area contributed by atoms with E-state index in [4.69, 9.17) is 34.8 Å². The number of hydrogen-bond donors (Lipinski definition) is 2. The van der Waals surface area contributed by atoms with Gasteiger partial charge in [-0.25, -0.2) is 4.79 Å². The number of Topliss-reactive ketones (excluding diaryl/α,β-unsaturated/α-hetero) is 1. The Morgan fingerprint density at radius 3 is 2.42 bits per heavy atom. The van der Waals surface area contributed by atoms with E-state index in [0.29, 0.717) is 65.3 Å². The number of amides is 2. The van der Waals surface area contributed by atoms with Crippen LogP contribution in [0, 0.1) is 0 Å². The first-order valence-corrected chi connectivity index (χ1v) is 12.9. The lowest BCUT2D eigenvalue weighted by Gasteiger charge is -2.34. The number of allylic oxidation sites excluding steroid dienone is 2. The van der Waals surface area contributed by atoms with Crippen LogP contribution in [0.25, 0.3) is 0 Å². The van der Waals surface area contributed by atoms with Gasteiger partial charge in [-0.05, 0) is 41.8 Å². The summed E-state index contributed by atoms with van der Waals surface area (Å²) in [6.07, 6.45) is 2.23. The molecule has 1 atom stereocenters. The number of aliphatic imine (C=N–C) groups is 1. The molecule has 0 aromatic heterocycles. The number of benzene rings is 2. The largest absolute Gasteiger partial charge is 0.511 e. The molecule has 36 heavy (non-hydrogen) atoms. The standard InChI is InChI=1S/C26H27Cl3N4O3/c27-19-3-1-17(2-4-19)18-13-24(34)21(25(35)14-18)16-30-7-8-32-9-11-33(12-10-32)26(36)31-20-5-6-22(28)23(29)15-20/h1-6,15-16,18,34H,7-14H2,(H,31,36). The van der Waals surface area contributed by atoms with E-state index in [0.717, 1.165) is 18.7 Å². The van der Waals surface area contributed by atoms with Crippen LogP contribution in [0.4, 0.5) is 10.5 Å². The second-order valence-electron chi connectivity index (χ2n) is 8.86. The maximum Gasteiger partial charge on any atom is 0.321 e. The number of halogens is 3. The average molecular weight is 550 g/mol. The van der Waals surface area contributed by atoms with Crippen molar-refractivity contribution in [3.05, 3.63) is 74.4 Å². The molecule has 0 radical (unpaired) electrons. The molecule has 1 saturated heterocycles. The fourth-order valence-corrected chi connectivity index (χ4v) is 4.76. The molecule has 1 unspecified atom stereocenters. The molecule has 2 aromatic rings. The Labute approximate surface area is 225 Å². The maximum absolute atomic E-state index is 12.6. The molecule has 1 fully saturated rings. The summed E-state index contributed by atoms with van der Waals surface area (Å²) in [6, 6.07) is 12.2. The van der Waals surface area contributed by atoms with Gasteiger partial charge < -0.3 is 15.3 Å². The summed E-state index contributed by atoms with van der Waals surface area (Å²) in [5.41, 5.74) is 1.88. The molecule has 2 amide bonds. The van der Waals surface area contributed by atoms with Gasteiger partial charge in [0.05, 0.1) is 22.2 Å². The number of anilines is 1. The second kappa shape index (κ2) is 12.1. The molecule has 10 heteroatoms. The molecule has 1 aliphatic carbocycles. The Kier molecular flexibility index (Phi) is 8.90. The van der Waals surface area contributed by atoms with Crippen molar-refractivity contribution >= 4 is 58.5 Å². The van der Waals surface area contributed by atoms with Crippen LogP contribution < -0.4 is 5.32 Å². The molecule has 0 spiro atoms. The molecule has 0 saturated carbocycles. The Bertz CT molecular complexity index is 1180. The number of ketones is 1. The highest BCUT2D eigenvalue weighted by Gasteiger charge is 2.28. The first kappa shape index (κ1) is 26.5. The zero-order valence-electron chi connectivity index (χ0n) is 19.6. The SMILES string of the molecule is O=C1CC(c2ccc(Cl)cc2)CC(O)=C1C=NCCN1CCN(C(=O)Nc2ccc(Cl)c(Cl)c2)CC1. The van der Waals surface area contributed by atoms with Crippen LogP contribution >= 0.6 is 34.8 Å². The number of nitrogens with zero attached hydrogens (tertiary/aromatic N) is 3. The minimum Gasteiger partial charge on any atom is -0.511 e. The van der Waals surface area contributed by atoms with E-state index >= 15 is 0 Å². The monoisotopic (exact) mass is 548 g/mol. The molecule has 2 aromatic carbocycles. The number of aliphatic hydroxyl groups is 1. The van der Waals surface area contributed by atoms with Crippen molar-refractivity contribution < 1.29 is 14.7 Å². The zero-order chi connectivity index (χ0) is 25.7. The highest BCUT2D eigenvalue weighted by atomic mass is 35.5. The molecule has 4 rings (SSSR count). The Morgan fingerprint density at radius 2 is 1.75 bits per heavy atom. The minimum absolute atomic E-state index is 0.0582. The maximum atomic E-state index is 12.6. The fourth-order valence-electron chi connectivity index (χ4n) is 4.33. The van der Waals surface area contributed by atoms with Crippen LogP contribution in [0.3, 0.4) is 0 Å². The number of nitrogens with one attached hydrogen (secondary N) is 1. The van der Waals surface area contributed by atoms with Crippen molar-refractivity contribution in [3.8, 4) is 0 Å². The van der Waals surface area contributed by atoms with Crippen molar-refractivity contribution in [2.75, 3.05) is 44.6 Å². The van der Waals surface area contributed by atoms with E-state index in [9.17, 15) is 14.7 Å². The summed E-state index contributed by atoms with van der Waals surface area (Å²) in [5, 5.41) is 14.8. The predicted octanol–water partition coefficient (Wildman–Crippen LogP) is 5.83. The van der Waals surface area contributed by atoms with Crippen molar-refractivity contribution in [2.24, 2.45) is 4.99 Å². The highest BCUT2D eigenvalue weighted by molar-refractivity contribution is 6.42. The van der Waals surface area contributed by atoms with E-state index in [1.54, 1.807) is 35.2 Å². The van der Waals surface area contributed by atoms with Crippen LogP contribution in [-0.4, -0.2) is 72.2 Å². The van der Waals surface area contributed by atoms with Crippen LogP contribution in [0.5, 0.6) is 0 Å². The number of urea groups is 1. The molecule has 7 nitrogen and oxygen atoms in total. The number of carbonyl (C=O) groups is 2. The smallest absolute Gasteiger partial charge is 0.321 e. The van der Waals surface area contributed by atoms with E-state index in [2.05, 4.69) is 15.2 Å². The van der Waals surface area contributed by atoms with Crippen LogP contribution in [-0.2, 0) is 4.79 Å². The van der Waals surface area contributed by atoms with Gasteiger partial charge in [0.25, 0.3) is 0 Å². The van der Waals surface area contributed by atoms with Crippen molar-refractivity contribution in [1.29, 1.82) is 0 Å². The molecule has 190 valence electrons. The van der Waals surface area contributed by atoms with Gasteiger partial charge in [0.2, 0.25) is 0 Å². The van der Waals surface area contributed by atoms with Crippen LogP contribution in [0.15, 0.2) is 58.8 Å². The van der Waals surface area contributed by atoms with Gasteiger partial charge in [-0.15, -0.1) is 0 Å². The summed E-state index contributed by atoms with van der Waals surface area (Å²) < 4.78 is 0. The number of rotatable bonds is 6. The van der Waals surface area contributed by atoms with E-state index in [-0.39, 0.29) is 23.5 Å². The number of hydrogen-bond acceptors (Lipinski definition) is 5. The van der Waals surface area contributed by atoms with Gasteiger partial charge in [0.1, 0.15) is 5.76 Å². The van der Waals surface area contributed by atoms with Gasteiger partial charge in [0, 0.05) is 62.5 Å². The first-order valence-electron chi connectivity index (χ1n) is 11.7. The Hall–Kier alpha value is -2.58. The number of carbonyl (C=O) groups excluding carboxylic acids is 2. The summed E-state index contributed by atoms with van der Waals surface area (Å²) in [4.78, 5) is 33.5. The number of piperazine rings is 1. The van der Waals surface area contributed by atoms with Gasteiger partial charge in [0.15, 0.2) is 5.78 Å². The van der Waals surface area contributed by atoms with E-state index in [1.807, 2.05) is 12.1 Å². The summed E-state index contributed by atoms with van der Waals surface area (Å²) in [7, 11) is 0. The molecule has 1 heterocycles. The van der Waals surface area contributed by atoms with Crippen LogP contribution in [0.2, 0.25) is 15.1 Å². The lowest BCUT2D eigenvalue weighted by atomic mass is 9.83. The van der Waals surface area contributed by atoms with Crippen molar-refractivity contribution in [3.63, 3.8) is 0 Å². The van der Waals surface area contributed by atoms with E-state index < -0.39 is 0 Å². The van der Waals surface area contributed by atoms with Crippen LogP contribution in [0.1, 0.15) is 24.3 Å². The normalized spacial score (nSPS) is 19.2. The number of aliphatic hydroxyl groups excluding tert-OH is 1. The van der Waals surface area contributed by atoms with Gasteiger partial charge >= 0.3 is 6.03 Å². The molecule has 1 aliphatic heterocycles. The summed E-state index contributed by atoms with van der Waals surface area (Å²) >= 11 is 17.9. The minimum atomic E-state index is -0.179. The zero-order valence-corrected chi connectivity index (χ0v) is 21.9. The first-order chi connectivity index (χ1) is 17.3. The molecular formula is C26H27Cl3N4O3. The molecular weight excluding hydrogens is 523 g/mol. The third kappa shape index (κ3) is 6.79. The molecule has 2 N–H and O–H groups in total. The third-order valence-corrected chi connectivity index (χ3v) is 7.41. The quantitative estimate of drug-likeness (QED) is 0.444. The Morgan fingerprint density at radius 1 is 1.03 bits per heavy atom. The van der Waals surface area contributed by atoms with Gasteiger partial charge in [-0.2, -0.15) is 0 Å². The Balaban J connectivity index is 1.21. The van der Waals surface area contributed by atoms with Gasteiger partial charge in [-0.3, -0.25) is 14.7 Å². The molecule has 0 bridgehead atoms. The average Bonchev–Trinajstić information content (AvgIpc) is 2.86. The van der Waals surface area contributed by atoms with Gasteiger partial charge in [-0.1, -0.05) is 46.9 Å². The van der Waals surface area contributed by atoms with E-state index in [1.165, 1.54) is 6.21 Å². The van der Waals surface area contributed by atoms with Crippen molar-refractivity contribution in [1.82, 2.24) is 9.80 Å². The predicted molar refractivity (Wildman–Crippen MR) is 145 cm³/mol. The highest BCUT2D eigenvalue weighted by Crippen LogP contribution is 2.33. The lowest BCUT2D eigenvalue weighted by molar-refractivity contribution is -0.116. The lowest BCUT2D eigenvalue weighted by Crippen LogP contribution is -2.50. The molecule has 2 aliphatic rings. The van der Waals surface area contributed by atoms with Crippen molar-refractivity contribution in [2.45, 2.75) is 18.8 Å². The summed E-state index contributed by atoms with van der Waals surface area (Å²) in [5.74, 6) is -0.0855. The summed E-state index contributed by atoms with van der Waals surface area (Å²) in [6.45, 7) is 3.83. The topological polar surface area (TPSA) is 85.2 Å². The fraction of sp³-hybridized carbons (Fsp3) is 0.346. The second-order valence-corrected chi connectivity index (χ2v) is 10.1. The third-order valence-electron chi connectivity index (χ3n) is 6.42.